The number of hydrogen-bond acceptors (Lipinski definition) is 4. The summed E-state index contributed by atoms with van der Waals surface area (Å²) >= 11 is 0. The first-order valence-electron chi connectivity index (χ1n) is 8.46. The van der Waals surface area contributed by atoms with Gasteiger partial charge in [-0.05, 0) is 32.6 Å². The van der Waals surface area contributed by atoms with Gasteiger partial charge in [-0.2, -0.15) is 0 Å². The highest BCUT2D eigenvalue weighted by Gasteiger charge is 2.23. The number of hydrogen-bond donors (Lipinski definition) is 0. The van der Waals surface area contributed by atoms with Crippen molar-refractivity contribution in [3.8, 4) is 0 Å². The monoisotopic (exact) mass is 330 g/mol. The van der Waals surface area contributed by atoms with Crippen molar-refractivity contribution in [1.29, 1.82) is 0 Å². The lowest BCUT2D eigenvalue weighted by atomic mass is 10.1. The Balaban J connectivity index is 1.72. The normalized spacial score (nSPS) is 19.0. The van der Waals surface area contributed by atoms with E-state index in [0.29, 0.717) is 25.5 Å². The Hall–Kier alpha value is -1.92. The quantitative estimate of drug-likeness (QED) is 0.846. The van der Waals surface area contributed by atoms with Gasteiger partial charge in [-0.1, -0.05) is 6.07 Å². The Bertz CT molecular complexity index is 710. The molecule has 1 atom stereocenters. The van der Waals surface area contributed by atoms with E-state index in [9.17, 15) is 4.79 Å². The van der Waals surface area contributed by atoms with E-state index in [-0.39, 0.29) is 5.91 Å². The van der Waals surface area contributed by atoms with E-state index in [2.05, 4.69) is 24.0 Å². The molecule has 6 nitrogen and oxygen atoms in total. The number of carbonyl (C=O) groups is 1. The molecule has 0 N–H and O–H groups in total. The molecular weight excluding hydrogens is 304 g/mol. The number of pyridine rings is 1. The van der Waals surface area contributed by atoms with Crippen molar-refractivity contribution in [3.63, 3.8) is 0 Å². The molecular formula is C18H26N4O2. The number of nitrogens with zero attached hydrogens (tertiary/aromatic N) is 4. The summed E-state index contributed by atoms with van der Waals surface area (Å²) < 4.78 is 7.68. The van der Waals surface area contributed by atoms with Crippen molar-refractivity contribution < 1.29 is 9.53 Å². The number of aryl methyl sites for hydroxylation is 1. The first-order valence-corrected chi connectivity index (χ1v) is 8.46. The van der Waals surface area contributed by atoms with Gasteiger partial charge < -0.3 is 18.9 Å². The number of amides is 1. The first-order chi connectivity index (χ1) is 11.5. The Labute approximate surface area is 143 Å². The van der Waals surface area contributed by atoms with Gasteiger partial charge in [0.15, 0.2) is 0 Å². The van der Waals surface area contributed by atoms with Crippen molar-refractivity contribution in [3.05, 3.63) is 35.8 Å². The topological polar surface area (TPSA) is 50.1 Å². The molecule has 0 spiro atoms. The van der Waals surface area contributed by atoms with Crippen LogP contribution in [0, 0.1) is 12.8 Å². The lowest BCUT2D eigenvalue weighted by Crippen LogP contribution is -2.39. The minimum Gasteiger partial charge on any atom is -0.379 e. The van der Waals surface area contributed by atoms with Gasteiger partial charge in [-0.25, -0.2) is 4.98 Å². The molecule has 130 valence electrons. The molecule has 1 aliphatic heterocycles. The third-order valence-electron chi connectivity index (χ3n) is 4.45. The molecule has 6 heteroatoms. The molecule has 1 unspecified atom stereocenters. The second-order valence-electron chi connectivity index (χ2n) is 6.85. The van der Waals surface area contributed by atoms with E-state index in [1.54, 1.807) is 0 Å². The van der Waals surface area contributed by atoms with E-state index in [0.717, 1.165) is 36.6 Å². The molecule has 0 aromatic carbocycles. The zero-order chi connectivity index (χ0) is 17.1. The van der Waals surface area contributed by atoms with Gasteiger partial charge in [0.1, 0.15) is 5.65 Å². The Morgan fingerprint density at radius 2 is 2.29 bits per heavy atom. The summed E-state index contributed by atoms with van der Waals surface area (Å²) in [6.45, 7) is 5.72. The third kappa shape index (κ3) is 3.76. The molecule has 2 aromatic rings. The maximum Gasteiger partial charge on any atom is 0.228 e. The van der Waals surface area contributed by atoms with E-state index >= 15 is 0 Å². The van der Waals surface area contributed by atoms with Crippen molar-refractivity contribution in [2.45, 2.75) is 13.3 Å². The molecule has 3 rings (SSSR count). The second kappa shape index (κ2) is 7.32. The number of aromatic nitrogens is 2. The predicted octanol–water partition coefficient (Wildman–Crippen LogP) is 1.22. The van der Waals surface area contributed by atoms with Gasteiger partial charge in [0.25, 0.3) is 0 Å². The van der Waals surface area contributed by atoms with Gasteiger partial charge >= 0.3 is 0 Å². The Kier molecular flexibility index (Phi) is 5.16. The zero-order valence-electron chi connectivity index (χ0n) is 14.7. The number of imidazole rings is 1. The third-order valence-corrected chi connectivity index (χ3v) is 4.45. The van der Waals surface area contributed by atoms with Crippen LogP contribution in [0.1, 0.15) is 11.3 Å². The number of rotatable bonds is 4. The average Bonchev–Trinajstić information content (AvgIpc) is 2.79. The van der Waals surface area contributed by atoms with Crippen LogP contribution in [0.15, 0.2) is 24.5 Å². The molecule has 1 aliphatic rings. The van der Waals surface area contributed by atoms with E-state index in [1.165, 1.54) is 0 Å². The van der Waals surface area contributed by atoms with Crippen LogP contribution in [0.25, 0.3) is 5.65 Å². The standard InChI is InChI=1S/C18H26N4O2/c1-14-5-4-6-22-16(10-19-18(14)22)9-17(23)21-7-8-24-13-15(12-21)11-20(2)3/h4-6,10,15H,7-9,11-13H2,1-3H3. The van der Waals surface area contributed by atoms with E-state index in [1.807, 2.05) is 40.8 Å². The van der Waals surface area contributed by atoms with Gasteiger partial charge in [0.05, 0.1) is 25.3 Å². The minimum absolute atomic E-state index is 0.146. The molecule has 1 fully saturated rings. The van der Waals surface area contributed by atoms with Crippen LogP contribution in [-0.4, -0.2) is 72.0 Å². The number of ether oxygens (including phenoxy) is 1. The smallest absolute Gasteiger partial charge is 0.228 e. The van der Waals surface area contributed by atoms with Crippen LogP contribution in [-0.2, 0) is 16.0 Å². The predicted molar refractivity (Wildman–Crippen MR) is 93.1 cm³/mol. The van der Waals surface area contributed by atoms with Crippen molar-refractivity contribution in [2.24, 2.45) is 5.92 Å². The molecule has 0 saturated carbocycles. The van der Waals surface area contributed by atoms with Gasteiger partial charge in [-0.3, -0.25) is 4.79 Å². The maximum atomic E-state index is 12.8. The van der Waals surface area contributed by atoms with Crippen LogP contribution >= 0.6 is 0 Å². The summed E-state index contributed by atoms with van der Waals surface area (Å²) in [5, 5.41) is 0. The van der Waals surface area contributed by atoms with E-state index in [4.69, 9.17) is 4.74 Å². The average molecular weight is 330 g/mol. The highest BCUT2D eigenvalue weighted by molar-refractivity contribution is 5.78. The summed E-state index contributed by atoms with van der Waals surface area (Å²) in [5.74, 6) is 0.503. The molecule has 24 heavy (non-hydrogen) atoms. The fraction of sp³-hybridized carbons (Fsp3) is 0.556. The highest BCUT2D eigenvalue weighted by atomic mass is 16.5. The second-order valence-corrected chi connectivity index (χ2v) is 6.85. The van der Waals surface area contributed by atoms with E-state index < -0.39 is 0 Å². The molecule has 2 aromatic heterocycles. The summed E-state index contributed by atoms with van der Waals surface area (Å²) in [7, 11) is 4.11. The maximum absolute atomic E-state index is 12.8. The Morgan fingerprint density at radius 3 is 3.08 bits per heavy atom. The Morgan fingerprint density at radius 1 is 1.46 bits per heavy atom. The molecule has 3 heterocycles. The summed E-state index contributed by atoms with van der Waals surface area (Å²) in [4.78, 5) is 21.3. The lowest BCUT2D eigenvalue weighted by Gasteiger charge is -2.25. The summed E-state index contributed by atoms with van der Waals surface area (Å²) in [5.41, 5.74) is 2.98. The van der Waals surface area contributed by atoms with Crippen LogP contribution < -0.4 is 0 Å². The fourth-order valence-corrected chi connectivity index (χ4v) is 3.33. The molecule has 1 amide bonds. The highest BCUT2D eigenvalue weighted by Crippen LogP contribution is 2.14. The van der Waals surface area contributed by atoms with Crippen LogP contribution in [0.4, 0.5) is 0 Å². The van der Waals surface area contributed by atoms with Crippen molar-refractivity contribution in [1.82, 2.24) is 19.2 Å². The van der Waals surface area contributed by atoms with Crippen molar-refractivity contribution >= 4 is 11.6 Å². The SMILES string of the molecule is Cc1cccn2c(CC(=O)N3CCOCC(CN(C)C)C3)cnc12. The van der Waals surface area contributed by atoms with Gasteiger partial charge in [0, 0.05) is 37.9 Å². The van der Waals surface area contributed by atoms with Crippen LogP contribution in [0.5, 0.6) is 0 Å². The lowest BCUT2D eigenvalue weighted by molar-refractivity contribution is -0.131. The van der Waals surface area contributed by atoms with Crippen molar-refractivity contribution in [2.75, 3.05) is 46.9 Å². The zero-order valence-corrected chi connectivity index (χ0v) is 14.7. The molecule has 1 saturated heterocycles. The van der Waals surface area contributed by atoms with Gasteiger partial charge in [-0.15, -0.1) is 0 Å². The number of fused-ring (bicyclic) bond motifs is 1. The van der Waals surface area contributed by atoms with Gasteiger partial charge in [0.2, 0.25) is 5.91 Å². The first kappa shape index (κ1) is 16.9. The fourth-order valence-electron chi connectivity index (χ4n) is 3.33. The largest absolute Gasteiger partial charge is 0.379 e. The summed E-state index contributed by atoms with van der Waals surface area (Å²) in [6.07, 6.45) is 4.16. The van der Waals surface area contributed by atoms with Crippen LogP contribution in [0.3, 0.4) is 0 Å². The molecule has 0 bridgehead atoms. The molecule has 0 aliphatic carbocycles. The minimum atomic E-state index is 0.146. The summed E-state index contributed by atoms with van der Waals surface area (Å²) in [6, 6.07) is 4.02. The molecule has 0 radical (unpaired) electrons. The number of carbonyl (C=O) groups excluding carboxylic acids is 1. The van der Waals surface area contributed by atoms with Crippen LogP contribution in [0.2, 0.25) is 0 Å².